The molecule has 13 atom stereocenters. The second-order valence-corrected chi connectivity index (χ2v) is 16.7. The number of rotatable bonds is 5. The topological polar surface area (TPSA) is 59.3 Å². The van der Waals surface area contributed by atoms with Crippen molar-refractivity contribution >= 4 is 11.6 Å². The van der Waals surface area contributed by atoms with E-state index in [0.717, 1.165) is 60.0 Å². The zero-order valence-electron chi connectivity index (χ0n) is 26.1. The number of nitrogens with one attached hydrogen (secondary N) is 2. The Morgan fingerprint density at radius 2 is 1.76 bits per heavy atom. The van der Waals surface area contributed by atoms with Crippen molar-refractivity contribution in [1.82, 2.24) is 10.6 Å². The van der Waals surface area contributed by atoms with Gasteiger partial charge in [0, 0.05) is 36.1 Å². The first-order chi connectivity index (χ1) is 19.6. The highest BCUT2D eigenvalue weighted by Crippen LogP contribution is 2.71. The molecule has 0 bridgehead atoms. The summed E-state index contributed by atoms with van der Waals surface area (Å²) in [5.41, 5.74) is 8.77. The predicted molar refractivity (Wildman–Crippen MR) is 169 cm³/mol. The summed E-state index contributed by atoms with van der Waals surface area (Å²) in [4.78, 5) is 0. The van der Waals surface area contributed by atoms with Crippen LogP contribution >= 0.6 is 11.6 Å². The van der Waals surface area contributed by atoms with E-state index < -0.39 is 0 Å². The molecule has 1 unspecified atom stereocenters. The van der Waals surface area contributed by atoms with Crippen molar-refractivity contribution in [2.24, 2.45) is 58.0 Å². The zero-order valence-corrected chi connectivity index (χ0v) is 26.9. The molecule has 1 aromatic carbocycles. The van der Waals surface area contributed by atoms with E-state index in [1.165, 1.54) is 69.8 Å². The summed E-state index contributed by atoms with van der Waals surface area (Å²) >= 11 is 6.06. The average molecular weight is 582 g/mol. The summed E-state index contributed by atoms with van der Waals surface area (Å²) in [6.45, 7) is 12.4. The minimum Gasteiger partial charge on any atom is -0.357 e. The third kappa shape index (κ3) is 4.85. The molecule has 4 saturated carbocycles. The van der Waals surface area contributed by atoms with Crippen molar-refractivity contribution in [2.75, 3.05) is 13.1 Å². The summed E-state index contributed by atoms with van der Waals surface area (Å²) in [5, 5.41) is 8.63. The number of hydrogen-bond acceptors (Lipinski definition) is 4. The van der Waals surface area contributed by atoms with Gasteiger partial charge in [-0.25, -0.2) is 0 Å². The smallest absolute Gasteiger partial charge is 0.122 e. The summed E-state index contributed by atoms with van der Waals surface area (Å²) < 4.78 is 7.11. The Balaban J connectivity index is 0.976. The minimum atomic E-state index is -0.0426. The maximum absolute atomic E-state index is 7.11. The predicted octanol–water partition coefficient (Wildman–Crippen LogP) is 7.19. The molecule has 0 aromatic heterocycles. The van der Waals surface area contributed by atoms with Crippen LogP contribution in [0.15, 0.2) is 24.3 Å². The van der Waals surface area contributed by atoms with E-state index in [4.69, 9.17) is 22.1 Å². The fraction of sp³-hybridized carbons (Fsp3) is 0.833. The lowest BCUT2D eigenvalue weighted by molar-refractivity contribution is -0.134. The van der Waals surface area contributed by atoms with E-state index in [9.17, 15) is 0 Å². The molecule has 4 aliphatic carbocycles. The van der Waals surface area contributed by atoms with Crippen molar-refractivity contribution < 1.29 is 4.74 Å². The number of piperidine rings is 1. The molecular formula is C36H56ClN3O. The second kappa shape index (κ2) is 10.8. The molecule has 2 heterocycles. The fourth-order valence-corrected chi connectivity index (χ4v) is 12.1. The second-order valence-electron chi connectivity index (χ2n) is 16.3. The third-order valence-electron chi connectivity index (χ3n) is 14.2. The summed E-state index contributed by atoms with van der Waals surface area (Å²) in [6, 6.07) is 8.93. The summed E-state index contributed by atoms with van der Waals surface area (Å²) in [7, 11) is 0. The van der Waals surface area contributed by atoms with Crippen molar-refractivity contribution in [3.8, 4) is 0 Å². The standard InChI is InChI=1S/C36H56ClN3O/c1-22-11-16-36(40-20-22)23(2)33-32(41-36)19-31-29-10-7-25-18-28(12-14-34(25,3)30(29)13-15-35(31,33)4)39-21-27(38)17-24-5-8-26(37)9-6-24/h5-6,8-9,22-23,25,27-33,39-40H,7,10-21,38H2,1-4H3/t22-,23-,25-,27-,28?,29+,30-,31-,32-,33-,34-,35-,36-/m0/s1. The van der Waals surface area contributed by atoms with Crippen LogP contribution in [-0.4, -0.2) is 37.0 Å². The molecule has 2 saturated heterocycles. The first kappa shape index (κ1) is 29.1. The van der Waals surface area contributed by atoms with Crippen LogP contribution in [0, 0.1) is 52.3 Å². The highest BCUT2D eigenvalue weighted by Gasteiger charge is 2.68. The molecule has 4 nitrogen and oxygen atoms in total. The van der Waals surface area contributed by atoms with Gasteiger partial charge in [0.1, 0.15) is 5.72 Å². The van der Waals surface area contributed by atoms with E-state index in [-0.39, 0.29) is 11.8 Å². The number of halogens is 1. The Hall–Kier alpha value is -0.650. The van der Waals surface area contributed by atoms with E-state index in [0.29, 0.717) is 28.9 Å². The zero-order chi connectivity index (χ0) is 28.6. The number of hydrogen-bond donors (Lipinski definition) is 3. The quantitative estimate of drug-likeness (QED) is 0.344. The Morgan fingerprint density at radius 1 is 0.976 bits per heavy atom. The van der Waals surface area contributed by atoms with Gasteiger partial charge in [-0.05, 0) is 135 Å². The molecule has 5 heteroatoms. The lowest BCUT2D eigenvalue weighted by Crippen LogP contribution is -2.58. The SMILES string of the molecule is C[C@H]1CC[C@]2(NC1)O[C@H]1C[C@H]3[C@@H]4CC[C@H]5CC(NC[C@@H](N)Cc6ccc(Cl)cc6)CC[C@]5(C)[C@H]4CC[C@]3(C)[C@H]1[C@@H]2C. The molecule has 1 aromatic rings. The molecule has 228 valence electrons. The van der Waals surface area contributed by atoms with E-state index in [1.807, 2.05) is 12.1 Å². The maximum atomic E-state index is 7.11. The number of benzene rings is 1. The van der Waals surface area contributed by atoms with Crippen molar-refractivity contribution in [2.45, 2.75) is 122 Å². The Morgan fingerprint density at radius 3 is 2.51 bits per heavy atom. The Bertz CT molecular complexity index is 1090. The van der Waals surface area contributed by atoms with Gasteiger partial charge in [-0.2, -0.15) is 0 Å². The fourth-order valence-electron chi connectivity index (χ4n) is 12.0. The summed E-state index contributed by atoms with van der Waals surface area (Å²) in [6.07, 6.45) is 15.0. The van der Waals surface area contributed by atoms with Gasteiger partial charge in [-0.1, -0.05) is 51.4 Å². The molecule has 0 amide bonds. The molecule has 6 fully saturated rings. The molecule has 41 heavy (non-hydrogen) atoms. The molecular weight excluding hydrogens is 526 g/mol. The van der Waals surface area contributed by atoms with Crippen LogP contribution in [0.5, 0.6) is 0 Å². The maximum Gasteiger partial charge on any atom is 0.122 e. The third-order valence-corrected chi connectivity index (χ3v) is 14.5. The molecule has 0 radical (unpaired) electrons. The largest absolute Gasteiger partial charge is 0.357 e. The summed E-state index contributed by atoms with van der Waals surface area (Å²) in [5.74, 6) is 5.68. The number of fused-ring (bicyclic) bond motifs is 7. The molecule has 4 N–H and O–H groups in total. The van der Waals surface area contributed by atoms with Crippen LogP contribution < -0.4 is 16.4 Å². The van der Waals surface area contributed by atoms with E-state index in [2.05, 4.69) is 50.5 Å². The first-order valence-electron chi connectivity index (χ1n) is 17.3. The molecule has 1 spiro atoms. The van der Waals surface area contributed by atoms with Crippen LogP contribution in [0.4, 0.5) is 0 Å². The lowest BCUT2D eigenvalue weighted by atomic mass is 9.44. The normalized spacial score (nSPS) is 49.7. The van der Waals surface area contributed by atoms with Gasteiger partial charge in [0.2, 0.25) is 0 Å². The monoisotopic (exact) mass is 581 g/mol. The average Bonchev–Trinajstić information content (AvgIpc) is 3.40. The molecule has 2 aliphatic heterocycles. The van der Waals surface area contributed by atoms with Crippen LogP contribution in [0.1, 0.15) is 97.5 Å². The van der Waals surface area contributed by atoms with Crippen molar-refractivity contribution in [3.05, 3.63) is 34.9 Å². The van der Waals surface area contributed by atoms with Gasteiger partial charge in [-0.15, -0.1) is 0 Å². The minimum absolute atomic E-state index is 0.0426. The van der Waals surface area contributed by atoms with Crippen LogP contribution in [0.25, 0.3) is 0 Å². The van der Waals surface area contributed by atoms with Gasteiger partial charge < -0.3 is 15.8 Å². The number of ether oxygens (including phenoxy) is 1. The highest BCUT2D eigenvalue weighted by molar-refractivity contribution is 6.30. The van der Waals surface area contributed by atoms with Gasteiger partial charge in [0.25, 0.3) is 0 Å². The lowest BCUT2D eigenvalue weighted by Gasteiger charge is -2.61. The van der Waals surface area contributed by atoms with Gasteiger partial charge in [-0.3, -0.25) is 5.32 Å². The first-order valence-corrected chi connectivity index (χ1v) is 17.7. The van der Waals surface area contributed by atoms with Crippen LogP contribution in [-0.2, 0) is 11.2 Å². The number of nitrogens with two attached hydrogens (primary N) is 1. The van der Waals surface area contributed by atoms with E-state index in [1.54, 1.807) is 0 Å². The van der Waals surface area contributed by atoms with Crippen molar-refractivity contribution in [1.29, 1.82) is 0 Å². The van der Waals surface area contributed by atoms with E-state index >= 15 is 0 Å². The van der Waals surface area contributed by atoms with Gasteiger partial charge in [0.05, 0.1) is 6.10 Å². The van der Waals surface area contributed by atoms with Gasteiger partial charge in [0.15, 0.2) is 0 Å². The Kier molecular flexibility index (Phi) is 7.63. The highest BCUT2D eigenvalue weighted by atomic mass is 35.5. The van der Waals surface area contributed by atoms with Gasteiger partial charge >= 0.3 is 0 Å². The van der Waals surface area contributed by atoms with Crippen LogP contribution in [0.3, 0.4) is 0 Å². The van der Waals surface area contributed by atoms with Crippen LogP contribution in [0.2, 0.25) is 5.02 Å². The molecule has 7 rings (SSSR count). The Labute approximate surface area is 254 Å². The molecule has 6 aliphatic rings. The van der Waals surface area contributed by atoms with Crippen molar-refractivity contribution in [3.63, 3.8) is 0 Å².